The van der Waals surface area contributed by atoms with Crippen molar-refractivity contribution in [2.45, 2.75) is 37.9 Å². The number of ether oxygens (including phenoxy) is 2. The highest BCUT2D eigenvalue weighted by Crippen LogP contribution is 2.33. The van der Waals surface area contributed by atoms with Crippen LogP contribution < -0.4 is 0 Å². The molecule has 1 saturated heterocycles. The van der Waals surface area contributed by atoms with Crippen molar-refractivity contribution >= 4 is 0 Å². The lowest BCUT2D eigenvalue weighted by molar-refractivity contribution is -0.167. The summed E-state index contributed by atoms with van der Waals surface area (Å²) in [7, 11) is 0. The van der Waals surface area contributed by atoms with Crippen molar-refractivity contribution in [3.05, 3.63) is 29.6 Å². The third-order valence-corrected chi connectivity index (χ3v) is 3.48. The molecule has 0 saturated carbocycles. The van der Waals surface area contributed by atoms with Gasteiger partial charge < -0.3 is 9.47 Å². The summed E-state index contributed by atoms with van der Waals surface area (Å²) in [6, 6.07) is 5.11. The molecule has 3 nitrogen and oxygen atoms in total. The van der Waals surface area contributed by atoms with Gasteiger partial charge in [-0.1, -0.05) is 0 Å². The minimum Gasteiger partial charge on any atom is -0.348 e. The summed E-state index contributed by atoms with van der Waals surface area (Å²) in [5, 5.41) is 0. The molecule has 0 bridgehead atoms. The first kappa shape index (κ1) is 10.2. The monoisotopic (exact) mass is 218 g/mol. The Balaban J connectivity index is 1.82. The number of aromatic nitrogens is 1. The second-order valence-electron chi connectivity index (χ2n) is 4.50. The van der Waals surface area contributed by atoms with Crippen molar-refractivity contribution in [2.24, 2.45) is 0 Å². The van der Waals surface area contributed by atoms with Gasteiger partial charge in [0.2, 0.25) is 0 Å². The van der Waals surface area contributed by atoms with Crippen LogP contribution in [0.25, 0.3) is 0 Å². The summed E-state index contributed by atoms with van der Waals surface area (Å²) in [5.74, 6) is -0.298. The fourth-order valence-electron chi connectivity index (χ4n) is 2.62. The number of pyridine rings is 1. The molecule has 0 aromatic carbocycles. The molecule has 1 aliphatic heterocycles. The van der Waals surface area contributed by atoms with Crippen molar-refractivity contribution in [3.8, 4) is 0 Å². The van der Waals surface area contributed by atoms with E-state index in [-0.39, 0.29) is 5.79 Å². The molecule has 0 atom stereocenters. The highest BCUT2D eigenvalue weighted by molar-refractivity contribution is 5.20. The zero-order valence-corrected chi connectivity index (χ0v) is 9.37. The molecule has 1 aromatic rings. The van der Waals surface area contributed by atoms with E-state index in [2.05, 4.69) is 17.1 Å². The summed E-state index contributed by atoms with van der Waals surface area (Å²) in [6.07, 6.45) is 6.80. The average molecular weight is 218 g/mol. The molecule has 3 heteroatoms. The van der Waals surface area contributed by atoms with Crippen LogP contribution in [0.2, 0.25) is 0 Å². The first-order valence-corrected chi connectivity index (χ1v) is 6.00. The van der Waals surface area contributed by atoms with Crippen molar-refractivity contribution in [2.75, 3.05) is 13.2 Å². The smallest absolute Gasteiger partial charge is 0.168 e. The molecule has 16 heavy (non-hydrogen) atoms. The van der Waals surface area contributed by atoms with Crippen LogP contribution in [0, 0.1) is 6.07 Å². The third kappa shape index (κ3) is 1.85. The lowest BCUT2D eigenvalue weighted by atomic mass is 9.93. The van der Waals surface area contributed by atoms with E-state index in [9.17, 15) is 0 Å². The van der Waals surface area contributed by atoms with Gasteiger partial charge in [-0.2, -0.15) is 0 Å². The van der Waals surface area contributed by atoms with E-state index in [0.29, 0.717) is 0 Å². The van der Waals surface area contributed by atoms with Crippen molar-refractivity contribution in [1.82, 2.24) is 4.98 Å². The van der Waals surface area contributed by atoms with E-state index < -0.39 is 0 Å². The van der Waals surface area contributed by atoms with E-state index >= 15 is 0 Å². The van der Waals surface area contributed by atoms with E-state index in [1.807, 2.05) is 0 Å². The standard InChI is InChI=1S/C13H16NO2/c1-4-12-11(3-2-8-14-12)5-7-13(6-1)15-9-10-16-13/h3,8H,1,4-7,9-10H2. The zero-order valence-electron chi connectivity index (χ0n) is 9.37. The molecule has 1 spiro atoms. The zero-order chi connectivity index (χ0) is 10.8. The van der Waals surface area contributed by atoms with Crippen LogP contribution in [0.15, 0.2) is 12.3 Å². The molecule has 1 aliphatic carbocycles. The number of hydrogen-bond donors (Lipinski definition) is 0. The molecule has 0 amide bonds. The van der Waals surface area contributed by atoms with Crippen LogP contribution in [0.4, 0.5) is 0 Å². The summed E-state index contributed by atoms with van der Waals surface area (Å²) >= 11 is 0. The van der Waals surface area contributed by atoms with Crippen molar-refractivity contribution in [1.29, 1.82) is 0 Å². The molecule has 2 aliphatic rings. The molecule has 2 heterocycles. The van der Waals surface area contributed by atoms with Gasteiger partial charge in [-0.05, 0) is 30.9 Å². The Morgan fingerprint density at radius 2 is 2.06 bits per heavy atom. The lowest BCUT2D eigenvalue weighted by Crippen LogP contribution is -2.32. The number of nitrogens with zero attached hydrogens (tertiary/aromatic N) is 1. The van der Waals surface area contributed by atoms with Gasteiger partial charge in [-0.15, -0.1) is 0 Å². The molecule has 85 valence electrons. The van der Waals surface area contributed by atoms with Gasteiger partial charge in [0.25, 0.3) is 0 Å². The second kappa shape index (κ2) is 4.15. The molecular weight excluding hydrogens is 202 g/mol. The summed E-state index contributed by atoms with van der Waals surface area (Å²) in [6.45, 7) is 1.48. The van der Waals surface area contributed by atoms with Gasteiger partial charge in [0, 0.05) is 30.8 Å². The van der Waals surface area contributed by atoms with Gasteiger partial charge in [-0.25, -0.2) is 0 Å². The Morgan fingerprint density at radius 3 is 2.94 bits per heavy atom. The SMILES string of the molecule is [c]1cnc2c(c1)CCC1(CCC2)OCCO1. The van der Waals surface area contributed by atoms with Crippen molar-refractivity contribution < 1.29 is 9.47 Å². The normalized spacial score (nSPS) is 23.8. The van der Waals surface area contributed by atoms with Gasteiger partial charge in [0.15, 0.2) is 5.79 Å². The Morgan fingerprint density at radius 1 is 1.19 bits per heavy atom. The van der Waals surface area contributed by atoms with E-state index in [1.165, 1.54) is 11.3 Å². The van der Waals surface area contributed by atoms with Gasteiger partial charge in [0.05, 0.1) is 13.2 Å². The molecule has 1 aromatic heterocycles. The van der Waals surface area contributed by atoms with E-state index in [4.69, 9.17) is 9.47 Å². The maximum atomic E-state index is 5.78. The van der Waals surface area contributed by atoms with E-state index in [0.717, 1.165) is 45.3 Å². The average Bonchev–Trinajstić information content (AvgIpc) is 2.75. The fourth-order valence-corrected chi connectivity index (χ4v) is 2.62. The fraction of sp³-hybridized carbons (Fsp3) is 0.615. The van der Waals surface area contributed by atoms with Crippen LogP contribution in [-0.2, 0) is 22.3 Å². The maximum Gasteiger partial charge on any atom is 0.168 e. The van der Waals surface area contributed by atoms with Crippen LogP contribution >= 0.6 is 0 Å². The summed E-state index contributed by atoms with van der Waals surface area (Å²) < 4.78 is 11.6. The largest absolute Gasteiger partial charge is 0.348 e. The molecule has 0 unspecified atom stereocenters. The molecule has 0 N–H and O–H groups in total. The second-order valence-corrected chi connectivity index (χ2v) is 4.50. The minimum atomic E-state index is -0.298. The van der Waals surface area contributed by atoms with E-state index in [1.54, 1.807) is 6.20 Å². The Bertz CT molecular complexity index is 372. The third-order valence-electron chi connectivity index (χ3n) is 3.48. The maximum absolute atomic E-state index is 5.78. The van der Waals surface area contributed by atoms with Crippen LogP contribution in [-0.4, -0.2) is 24.0 Å². The van der Waals surface area contributed by atoms with Gasteiger partial charge >= 0.3 is 0 Å². The molecular formula is C13H16NO2. The van der Waals surface area contributed by atoms with Crippen LogP contribution in [0.5, 0.6) is 0 Å². The number of hydrogen-bond acceptors (Lipinski definition) is 3. The Kier molecular flexibility index (Phi) is 2.65. The molecule has 1 radical (unpaired) electrons. The molecule has 1 fully saturated rings. The Hall–Kier alpha value is -0.930. The number of rotatable bonds is 0. The highest BCUT2D eigenvalue weighted by Gasteiger charge is 2.36. The highest BCUT2D eigenvalue weighted by atomic mass is 16.7. The first-order valence-electron chi connectivity index (χ1n) is 6.00. The number of fused-ring (bicyclic) bond motifs is 1. The number of aryl methyl sites for hydroxylation is 2. The lowest BCUT2D eigenvalue weighted by Gasteiger charge is -2.29. The van der Waals surface area contributed by atoms with Crippen LogP contribution in [0.1, 0.15) is 30.5 Å². The predicted molar refractivity (Wildman–Crippen MR) is 59.0 cm³/mol. The Labute approximate surface area is 95.8 Å². The van der Waals surface area contributed by atoms with Gasteiger partial charge in [-0.3, -0.25) is 4.98 Å². The first-order chi connectivity index (χ1) is 7.88. The summed E-state index contributed by atoms with van der Waals surface area (Å²) in [4.78, 5) is 4.40. The predicted octanol–water partition coefficient (Wildman–Crippen LogP) is 1.89. The quantitative estimate of drug-likeness (QED) is 0.666. The summed E-state index contributed by atoms with van der Waals surface area (Å²) in [5.41, 5.74) is 2.53. The minimum absolute atomic E-state index is 0.298. The van der Waals surface area contributed by atoms with Crippen LogP contribution in [0.3, 0.4) is 0 Å². The topological polar surface area (TPSA) is 31.4 Å². The molecule has 3 rings (SSSR count). The van der Waals surface area contributed by atoms with Gasteiger partial charge in [0.1, 0.15) is 0 Å². The van der Waals surface area contributed by atoms with Crippen molar-refractivity contribution in [3.63, 3.8) is 0 Å².